The molecule has 0 aliphatic carbocycles. The van der Waals surface area contributed by atoms with Gasteiger partial charge in [0.25, 0.3) is 0 Å². The van der Waals surface area contributed by atoms with E-state index in [2.05, 4.69) is 57.5 Å². The maximum absolute atomic E-state index is 4.18. The molecule has 0 amide bonds. The predicted molar refractivity (Wildman–Crippen MR) is 77.4 cm³/mol. The number of hydrogen-bond donors (Lipinski definition) is 1. The third kappa shape index (κ3) is 3.96. The Morgan fingerprint density at radius 1 is 1.33 bits per heavy atom. The van der Waals surface area contributed by atoms with Crippen LogP contribution in [0.5, 0.6) is 0 Å². The van der Waals surface area contributed by atoms with Crippen molar-refractivity contribution in [1.82, 2.24) is 15.1 Å². The summed E-state index contributed by atoms with van der Waals surface area (Å²) < 4.78 is 3.09. The Hall–Kier alpha value is -1.13. The van der Waals surface area contributed by atoms with Crippen molar-refractivity contribution in [2.45, 2.75) is 25.9 Å². The van der Waals surface area contributed by atoms with Gasteiger partial charge in [0.05, 0.1) is 0 Å². The van der Waals surface area contributed by atoms with Gasteiger partial charge in [0.2, 0.25) is 0 Å². The molecule has 0 bridgehead atoms. The number of nitrogens with zero attached hydrogens (tertiary/aromatic N) is 2. The highest BCUT2D eigenvalue weighted by molar-refractivity contribution is 9.10. The van der Waals surface area contributed by atoms with Crippen LogP contribution in [0.15, 0.2) is 47.2 Å². The van der Waals surface area contributed by atoms with E-state index in [1.807, 2.05) is 23.1 Å². The molecular weight excluding hydrogens is 290 g/mol. The molecule has 0 saturated heterocycles. The van der Waals surface area contributed by atoms with Gasteiger partial charge in [0.15, 0.2) is 0 Å². The fraction of sp³-hybridized carbons (Fsp3) is 0.357. The molecule has 0 saturated carbocycles. The Labute approximate surface area is 116 Å². The molecule has 1 unspecified atom stereocenters. The molecule has 1 aromatic heterocycles. The van der Waals surface area contributed by atoms with Gasteiger partial charge in [-0.3, -0.25) is 4.68 Å². The highest BCUT2D eigenvalue weighted by atomic mass is 79.9. The quantitative estimate of drug-likeness (QED) is 0.829. The standard InChI is InChI=1S/C14H18BrN3/c1-12(13-4-6-14(15)7-5-13)16-8-2-10-18-11-3-9-17-18/h3-7,9,11-12,16H,2,8,10H2,1H3. The first-order valence-corrected chi connectivity index (χ1v) is 7.01. The number of halogens is 1. The van der Waals surface area contributed by atoms with E-state index >= 15 is 0 Å². The van der Waals surface area contributed by atoms with Gasteiger partial charge < -0.3 is 5.32 Å². The van der Waals surface area contributed by atoms with Crippen LogP contribution in [0.25, 0.3) is 0 Å². The van der Waals surface area contributed by atoms with E-state index in [-0.39, 0.29) is 0 Å². The summed E-state index contributed by atoms with van der Waals surface area (Å²) in [5, 5.41) is 7.71. The summed E-state index contributed by atoms with van der Waals surface area (Å²) in [6.45, 7) is 4.15. The van der Waals surface area contributed by atoms with Crippen molar-refractivity contribution in [1.29, 1.82) is 0 Å². The van der Waals surface area contributed by atoms with Crippen molar-refractivity contribution in [2.24, 2.45) is 0 Å². The van der Waals surface area contributed by atoms with Crippen LogP contribution in [0.4, 0.5) is 0 Å². The molecule has 1 N–H and O–H groups in total. The van der Waals surface area contributed by atoms with Gasteiger partial charge in [-0.1, -0.05) is 28.1 Å². The summed E-state index contributed by atoms with van der Waals surface area (Å²) >= 11 is 3.45. The third-order valence-corrected chi connectivity index (χ3v) is 3.47. The molecular formula is C14H18BrN3. The summed E-state index contributed by atoms with van der Waals surface area (Å²) in [4.78, 5) is 0. The van der Waals surface area contributed by atoms with Gasteiger partial charge in [-0.15, -0.1) is 0 Å². The number of benzene rings is 1. The second-order valence-corrected chi connectivity index (χ2v) is 5.27. The third-order valence-electron chi connectivity index (χ3n) is 2.94. The first-order chi connectivity index (χ1) is 8.75. The first-order valence-electron chi connectivity index (χ1n) is 6.22. The summed E-state index contributed by atoms with van der Waals surface area (Å²) in [5.74, 6) is 0. The molecule has 0 spiro atoms. The van der Waals surface area contributed by atoms with Crippen LogP contribution in [0.2, 0.25) is 0 Å². The first kappa shape index (κ1) is 13.3. The van der Waals surface area contributed by atoms with Gasteiger partial charge >= 0.3 is 0 Å². The number of aryl methyl sites for hydroxylation is 1. The Bertz CT molecular complexity index is 450. The molecule has 1 atom stereocenters. The van der Waals surface area contributed by atoms with E-state index in [1.165, 1.54) is 5.56 Å². The molecule has 18 heavy (non-hydrogen) atoms. The summed E-state index contributed by atoms with van der Waals surface area (Å²) in [5.41, 5.74) is 1.32. The van der Waals surface area contributed by atoms with E-state index in [0.29, 0.717) is 6.04 Å². The Balaban J connectivity index is 1.71. The lowest BCUT2D eigenvalue weighted by atomic mass is 10.1. The van der Waals surface area contributed by atoms with Crippen LogP contribution in [0.3, 0.4) is 0 Å². The number of nitrogens with one attached hydrogen (secondary N) is 1. The Morgan fingerprint density at radius 3 is 2.78 bits per heavy atom. The van der Waals surface area contributed by atoms with E-state index < -0.39 is 0 Å². The largest absolute Gasteiger partial charge is 0.310 e. The lowest BCUT2D eigenvalue weighted by Gasteiger charge is -2.14. The van der Waals surface area contributed by atoms with Crippen LogP contribution in [0.1, 0.15) is 24.9 Å². The molecule has 0 aliphatic heterocycles. The van der Waals surface area contributed by atoms with Crippen LogP contribution in [-0.2, 0) is 6.54 Å². The van der Waals surface area contributed by atoms with Crippen LogP contribution in [0, 0.1) is 0 Å². The van der Waals surface area contributed by atoms with Crippen molar-refractivity contribution in [2.75, 3.05) is 6.54 Å². The highest BCUT2D eigenvalue weighted by Gasteiger charge is 2.03. The Kier molecular flexibility index (Phi) is 4.96. The summed E-state index contributed by atoms with van der Waals surface area (Å²) in [7, 11) is 0. The van der Waals surface area contributed by atoms with Gasteiger partial charge in [-0.25, -0.2) is 0 Å². The highest BCUT2D eigenvalue weighted by Crippen LogP contribution is 2.16. The molecule has 1 aromatic carbocycles. The Morgan fingerprint density at radius 2 is 2.11 bits per heavy atom. The zero-order valence-electron chi connectivity index (χ0n) is 10.5. The monoisotopic (exact) mass is 307 g/mol. The molecule has 96 valence electrons. The van der Waals surface area contributed by atoms with Crippen molar-refractivity contribution < 1.29 is 0 Å². The van der Waals surface area contributed by atoms with Crippen LogP contribution >= 0.6 is 15.9 Å². The number of aromatic nitrogens is 2. The fourth-order valence-electron chi connectivity index (χ4n) is 1.86. The minimum atomic E-state index is 0.385. The second-order valence-electron chi connectivity index (χ2n) is 4.35. The van der Waals surface area contributed by atoms with Gasteiger partial charge in [0.1, 0.15) is 0 Å². The molecule has 3 nitrogen and oxygen atoms in total. The predicted octanol–water partition coefficient (Wildman–Crippen LogP) is 3.39. The maximum atomic E-state index is 4.18. The molecule has 0 fully saturated rings. The zero-order valence-corrected chi connectivity index (χ0v) is 12.1. The topological polar surface area (TPSA) is 29.9 Å². The fourth-order valence-corrected chi connectivity index (χ4v) is 2.13. The smallest absolute Gasteiger partial charge is 0.0489 e. The van der Waals surface area contributed by atoms with E-state index in [4.69, 9.17) is 0 Å². The average Bonchev–Trinajstić information content (AvgIpc) is 2.88. The number of rotatable bonds is 6. The zero-order chi connectivity index (χ0) is 12.8. The normalized spacial score (nSPS) is 12.6. The lowest BCUT2D eigenvalue weighted by molar-refractivity contribution is 0.507. The number of hydrogen-bond acceptors (Lipinski definition) is 2. The molecule has 0 radical (unpaired) electrons. The second kappa shape index (κ2) is 6.71. The molecule has 4 heteroatoms. The van der Waals surface area contributed by atoms with Crippen molar-refractivity contribution in [3.8, 4) is 0 Å². The van der Waals surface area contributed by atoms with Gasteiger partial charge in [0, 0.05) is 29.5 Å². The van der Waals surface area contributed by atoms with E-state index in [0.717, 1.165) is 24.0 Å². The van der Waals surface area contributed by atoms with Crippen LogP contribution in [-0.4, -0.2) is 16.3 Å². The van der Waals surface area contributed by atoms with Crippen molar-refractivity contribution in [3.05, 3.63) is 52.8 Å². The minimum Gasteiger partial charge on any atom is -0.310 e. The van der Waals surface area contributed by atoms with E-state index in [1.54, 1.807) is 0 Å². The van der Waals surface area contributed by atoms with Gasteiger partial charge in [-0.05, 0) is 43.7 Å². The molecule has 0 aliphatic rings. The molecule has 1 heterocycles. The minimum absolute atomic E-state index is 0.385. The lowest BCUT2D eigenvalue weighted by Crippen LogP contribution is -2.21. The van der Waals surface area contributed by atoms with Crippen molar-refractivity contribution in [3.63, 3.8) is 0 Å². The average molecular weight is 308 g/mol. The van der Waals surface area contributed by atoms with Gasteiger partial charge in [-0.2, -0.15) is 5.10 Å². The van der Waals surface area contributed by atoms with Crippen LogP contribution < -0.4 is 5.32 Å². The van der Waals surface area contributed by atoms with Crippen molar-refractivity contribution >= 4 is 15.9 Å². The molecule has 2 aromatic rings. The SMILES string of the molecule is CC(NCCCn1cccn1)c1ccc(Br)cc1. The summed E-state index contributed by atoms with van der Waals surface area (Å²) in [6.07, 6.45) is 4.90. The maximum Gasteiger partial charge on any atom is 0.0489 e. The summed E-state index contributed by atoms with van der Waals surface area (Å²) in [6, 6.07) is 10.8. The van der Waals surface area contributed by atoms with E-state index in [9.17, 15) is 0 Å². The molecule has 2 rings (SSSR count).